The van der Waals surface area contributed by atoms with Crippen LogP contribution in [0.1, 0.15) is 25.7 Å². The fraction of sp³-hybridized carbons (Fsp3) is 0.750. The smallest absolute Gasteiger partial charge is 0.330 e. The Balaban J connectivity index is 1.77. The van der Waals surface area contributed by atoms with Crippen LogP contribution in [0.15, 0.2) is 0 Å². The molecule has 0 aromatic carbocycles. The quantitative estimate of drug-likeness (QED) is 0.716. The molecule has 1 saturated carbocycles. The van der Waals surface area contributed by atoms with E-state index in [9.17, 15) is 14.4 Å². The molecule has 3 rings (SSSR count). The van der Waals surface area contributed by atoms with Gasteiger partial charge in [-0.15, -0.1) is 0 Å². The van der Waals surface area contributed by atoms with Crippen molar-refractivity contribution in [3.63, 3.8) is 0 Å². The summed E-state index contributed by atoms with van der Waals surface area (Å²) in [5.74, 6) is -0.526. The van der Waals surface area contributed by atoms with E-state index in [-0.39, 0.29) is 11.8 Å². The molecule has 0 aromatic rings. The number of carbonyl (C=O) groups excluding carboxylic acids is 3. The Labute approximate surface area is 105 Å². The number of rotatable bonds is 2. The standard InChI is InChI=1S/C12H16N2O4/c15-9-12(3-1-4-12)10(16)14(11(17)13-9)6-8-2-5-18-7-8/h8H,1-7H2,(H,13,15,17). The number of imide groups is 2. The third-order valence-corrected chi connectivity index (χ3v) is 4.23. The van der Waals surface area contributed by atoms with Gasteiger partial charge < -0.3 is 4.74 Å². The van der Waals surface area contributed by atoms with Gasteiger partial charge in [-0.05, 0) is 19.3 Å². The van der Waals surface area contributed by atoms with E-state index in [0.29, 0.717) is 32.6 Å². The molecule has 6 heteroatoms. The largest absolute Gasteiger partial charge is 0.381 e. The predicted molar refractivity (Wildman–Crippen MR) is 60.5 cm³/mol. The lowest BCUT2D eigenvalue weighted by atomic mass is 9.66. The molecule has 0 aromatic heterocycles. The Morgan fingerprint density at radius 1 is 1.33 bits per heavy atom. The fourth-order valence-electron chi connectivity index (χ4n) is 2.85. The van der Waals surface area contributed by atoms with E-state index < -0.39 is 17.4 Å². The topological polar surface area (TPSA) is 75.7 Å². The van der Waals surface area contributed by atoms with E-state index in [1.165, 1.54) is 4.90 Å². The number of hydrogen-bond acceptors (Lipinski definition) is 4. The summed E-state index contributed by atoms with van der Waals surface area (Å²) in [4.78, 5) is 37.1. The molecule has 2 aliphatic heterocycles. The first kappa shape index (κ1) is 11.6. The molecule has 18 heavy (non-hydrogen) atoms. The second kappa shape index (κ2) is 4.05. The highest BCUT2D eigenvalue weighted by molar-refractivity contribution is 6.19. The first-order chi connectivity index (χ1) is 8.63. The molecular weight excluding hydrogens is 236 g/mol. The van der Waals surface area contributed by atoms with Gasteiger partial charge >= 0.3 is 6.03 Å². The zero-order chi connectivity index (χ0) is 12.8. The summed E-state index contributed by atoms with van der Waals surface area (Å²) in [7, 11) is 0. The number of amides is 4. The Kier molecular flexibility index (Phi) is 2.62. The zero-order valence-electron chi connectivity index (χ0n) is 10.1. The third kappa shape index (κ3) is 1.55. The van der Waals surface area contributed by atoms with E-state index in [2.05, 4.69) is 5.32 Å². The zero-order valence-corrected chi connectivity index (χ0v) is 10.1. The van der Waals surface area contributed by atoms with Crippen molar-refractivity contribution in [3.05, 3.63) is 0 Å². The van der Waals surface area contributed by atoms with Crippen LogP contribution in [0.4, 0.5) is 4.79 Å². The second-order valence-electron chi connectivity index (χ2n) is 5.34. The molecule has 1 aliphatic carbocycles. The van der Waals surface area contributed by atoms with Gasteiger partial charge in [0.25, 0.3) is 0 Å². The average Bonchev–Trinajstić information content (AvgIpc) is 2.74. The van der Waals surface area contributed by atoms with Crippen LogP contribution >= 0.6 is 0 Å². The Morgan fingerprint density at radius 2 is 2.11 bits per heavy atom. The van der Waals surface area contributed by atoms with Gasteiger partial charge in [0.15, 0.2) is 0 Å². The van der Waals surface area contributed by atoms with Crippen LogP contribution < -0.4 is 5.32 Å². The summed E-state index contributed by atoms with van der Waals surface area (Å²) >= 11 is 0. The van der Waals surface area contributed by atoms with E-state index in [1.54, 1.807) is 0 Å². The maximum atomic E-state index is 12.3. The third-order valence-electron chi connectivity index (χ3n) is 4.23. The molecule has 1 unspecified atom stereocenters. The molecule has 1 atom stereocenters. The van der Waals surface area contributed by atoms with Crippen LogP contribution in [0.25, 0.3) is 0 Å². The first-order valence-electron chi connectivity index (χ1n) is 6.39. The Hall–Kier alpha value is -1.43. The van der Waals surface area contributed by atoms with Crippen LogP contribution in [0.2, 0.25) is 0 Å². The number of nitrogens with zero attached hydrogens (tertiary/aromatic N) is 1. The summed E-state index contributed by atoms with van der Waals surface area (Å²) in [6.45, 7) is 1.62. The van der Waals surface area contributed by atoms with Crippen LogP contribution in [0.3, 0.4) is 0 Å². The van der Waals surface area contributed by atoms with Crippen molar-refractivity contribution in [1.82, 2.24) is 10.2 Å². The van der Waals surface area contributed by atoms with Crippen molar-refractivity contribution in [2.24, 2.45) is 11.3 Å². The summed E-state index contributed by atoms with van der Waals surface area (Å²) in [5.41, 5.74) is -0.951. The normalized spacial score (nSPS) is 30.6. The molecule has 4 amide bonds. The van der Waals surface area contributed by atoms with Gasteiger partial charge in [-0.1, -0.05) is 6.42 Å². The Morgan fingerprint density at radius 3 is 2.67 bits per heavy atom. The number of nitrogens with one attached hydrogen (secondary N) is 1. The van der Waals surface area contributed by atoms with Crippen molar-refractivity contribution >= 4 is 17.8 Å². The van der Waals surface area contributed by atoms with E-state index in [1.807, 2.05) is 0 Å². The molecule has 98 valence electrons. The molecule has 1 spiro atoms. The maximum Gasteiger partial charge on any atom is 0.330 e. The van der Waals surface area contributed by atoms with Crippen LogP contribution in [-0.4, -0.2) is 42.5 Å². The minimum atomic E-state index is -0.951. The lowest BCUT2D eigenvalue weighted by Gasteiger charge is -2.44. The van der Waals surface area contributed by atoms with Gasteiger partial charge in [-0.3, -0.25) is 19.8 Å². The predicted octanol–water partition coefficient (Wildman–Crippen LogP) is 0.272. The average molecular weight is 252 g/mol. The number of ether oxygens (including phenoxy) is 1. The summed E-state index contributed by atoms with van der Waals surface area (Å²) < 4.78 is 5.25. The molecule has 6 nitrogen and oxygen atoms in total. The molecular formula is C12H16N2O4. The minimum Gasteiger partial charge on any atom is -0.381 e. The monoisotopic (exact) mass is 252 g/mol. The lowest BCUT2D eigenvalue weighted by molar-refractivity contribution is -0.158. The lowest BCUT2D eigenvalue weighted by Crippen LogP contribution is -2.66. The van der Waals surface area contributed by atoms with Gasteiger partial charge in [0, 0.05) is 19.1 Å². The molecule has 3 fully saturated rings. The second-order valence-corrected chi connectivity index (χ2v) is 5.34. The Bertz CT molecular complexity index is 410. The minimum absolute atomic E-state index is 0.199. The van der Waals surface area contributed by atoms with Gasteiger partial charge in [0.1, 0.15) is 5.41 Å². The summed E-state index contributed by atoms with van der Waals surface area (Å²) in [6.07, 6.45) is 2.84. The van der Waals surface area contributed by atoms with Gasteiger partial charge in [-0.2, -0.15) is 0 Å². The van der Waals surface area contributed by atoms with Crippen molar-refractivity contribution in [3.8, 4) is 0 Å². The molecule has 1 N–H and O–H groups in total. The highest BCUT2D eigenvalue weighted by Crippen LogP contribution is 2.44. The molecule has 0 radical (unpaired) electrons. The molecule has 2 heterocycles. The van der Waals surface area contributed by atoms with E-state index in [0.717, 1.165) is 12.8 Å². The maximum absolute atomic E-state index is 12.3. The van der Waals surface area contributed by atoms with Crippen LogP contribution in [0, 0.1) is 11.3 Å². The first-order valence-corrected chi connectivity index (χ1v) is 6.39. The van der Waals surface area contributed by atoms with Gasteiger partial charge in [-0.25, -0.2) is 4.79 Å². The molecule has 3 aliphatic rings. The number of urea groups is 1. The SMILES string of the molecule is O=C1NC(=O)C2(CCC2)C(=O)N1CC1CCOC1. The van der Waals surface area contributed by atoms with Crippen LogP contribution in [-0.2, 0) is 14.3 Å². The van der Waals surface area contributed by atoms with Crippen molar-refractivity contribution in [2.75, 3.05) is 19.8 Å². The van der Waals surface area contributed by atoms with E-state index >= 15 is 0 Å². The summed E-state index contributed by atoms with van der Waals surface area (Å²) in [5, 5.41) is 2.31. The van der Waals surface area contributed by atoms with Gasteiger partial charge in [0.2, 0.25) is 11.8 Å². The fourth-order valence-corrected chi connectivity index (χ4v) is 2.85. The van der Waals surface area contributed by atoms with Crippen molar-refractivity contribution in [1.29, 1.82) is 0 Å². The number of barbiturate groups is 1. The summed E-state index contributed by atoms with van der Waals surface area (Å²) in [6, 6.07) is -0.575. The van der Waals surface area contributed by atoms with Gasteiger partial charge in [0.05, 0.1) is 6.61 Å². The van der Waals surface area contributed by atoms with Crippen molar-refractivity contribution in [2.45, 2.75) is 25.7 Å². The van der Waals surface area contributed by atoms with Crippen molar-refractivity contribution < 1.29 is 19.1 Å². The highest BCUT2D eigenvalue weighted by Gasteiger charge is 2.57. The molecule has 0 bridgehead atoms. The number of carbonyl (C=O) groups is 3. The molecule has 2 saturated heterocycles. The highest BCUT2D eigenvalue weighted by atomic mass is 16.5. The number of hydrogen-bond donors (Lipinski definition) is 1. The van der Waals surface area contributed by atoms with E-state index in [4.69, 9.17) is 4.74 Å². The van der Waals surface area contributed by atoms with Crippen LogP contribution in [0.5, 0.6) is 0 Å².